The van der Waals surface area contributed by atoms with Gasteiger partial charge in [0.05, 0.1) is 7.11 Å². The fourth-order valence-corrected chi connectivity index (χ4v) is 3.82. The first-order valence-electron chi connectivity index (χ1n) is 10.8. The van der Waals surface area contributed by atoms with Crippen LogP contribution in [0.2, 0.25) is 0 Å². The lowest BCUT2D eigenvalue weighted by atomic mass is 10.0. The zero-order chi connectivity index (χ0) is 21.5. The average molecular weight is 412 g/mol. The molecule has 0 fully saturated rings. The van der Waals surface area contributed by atoms with Gasteiger partial charge in [-0.15, -0.1) is 0 Å². The summed E-state index contributed by atoms with van der Waals surface area (Å²) in [6.07, 6.45) is 0.911. The average Bonchev–Trinajstić information content (AvgIpc) is 2.82. The lowest BCUT2D eigenvalue weighted by Gasteiger charge is -2.16. The molecule has 0 amide bonds. The molecule has 0 aliphatic rings. The Morgan fingerprint density at radius 3 is 2.39 bits per heavy atom. The Morgan fingerprint density at radius 2 is 1.55 bits per heavy atom. The minimum atomic E-state index is 0.562. The van der Waals surface area contributed by atoms with E-state index in [0.717, 1.165) is 31.0 Å². The van der Waals surface area contributed by atoms with Crippen molar-refractivity contribution in [3.8, 4) is 11.5 Å². The Morgan fingerprint density at radius 1 is 0.774 bits per heavy atom. The van der Waals surface area contributed by atoms with Crippen LogP contribution in [0.5, 0.6) is 11.5 Å². The number of para-hydroxylation sites is 1. The molecule has 0 heterocycles. The number of rotatable bonds is 9. The molecule has 31 heavy (non-hydrogen) atoms. The van der Waals surface area contributed by atoms with Gasteiger partial charge in [-0.2, -0.15) is 0 Å². The molecule has 0 atom stereocenters. The van der Waals surface area contributed by atoms with Crippen molar-refractivity contribution in [3.05, 3.63) is 107 Å². The van der Waals surface area contributed by atoms with Gasteiger partial charge in [-0.3, -0.25) is 0 Å². The summed E-state index contributed by atoms with van der Waals surface area (Å²) in [5.74, 6) is 1.88. The van der Waals surface area contributed by atoms with Crippen LogP contribution >= 0.6 is 0 Å². The second kappa shape index (κ2) is 10.1. The van der Waals surface area contributed by atoms with E-state index in [1.54, 1.807) is 7.11 Å². The fourth-order valence-electron chi connectivity index (χ4n) is 3.82. The van der Waals surface area contributed by atoms with Gasteiger partial charge in [-0.05, 0) is 53.9 Å². The van der Waals surface area contributed by atoms with Crippen LogP contribution in [0.25, 0.3) is 10.8 Å². The SMILES string of the molecule is COc1ccccc1CCNCc1c(OCc2ccc(C)cc2)ccc2ccccc12. The van der Waals surface area contributed by atoms with Crippen molar-refractivity contribution in [2.24, 2.45) is 0 Å². The zero-order valence-corrected chi connectivity index (χ0v) is 18.2. The third kappa shape index (κ3) is 5.25. The topological polar surface area (TPSA) is 30.5 Å². The molecule has 0 radical (unpaired) electrons. The van der Waals surface area contributed by atoms with E-state index in [1.165, 1.54) is 33.0 Å². The summed E-state index contributed by atoms with van der Waals surface area (Å²) in [5, 5.41) is 6.06. The number of ether oxygens (including phenoxy) is 2. The molecule has 3 heteroatoms. The van der Waals surface area contributed by atoms with Crippen LogP contribution in [0.15, 0.2) is 84.9 Å². The summed E-state index contributed by atoms with van der Waals surface area (Å²) < 4.78 is 11.7. The van der Waals surface area contributed by atoms with E-state index in [0.29, 0.717) is 6.61 Å². The van der Waals surface area contributed by atoms with Crippen molar-refractivity contribution in [1.82, 2.24) is 5.32 Å². The molecule has 0 bridgehead atoms. The minimum Gasteiger partial charge on any atom is -0.496 e. The Hall–Kier alpha value is -3.30. The molecule has 4 aromatic carbocycles. The highest BCUT2D eigenvalue weighted by molar-refractivity contribution is 5.87. The van der Waals surface area contributed by atoms with E-state index in [2.05, 4.69) is 85.0 Å². The van der Waals surface area contributed by atoms with Gasteiger partial charge in [0.2, 0.25) is 0 Å². The lowest BCUT2D eigenvalue weighted by Crippen LogP contribution is -2.18. The Labute approximate surface area is 184 Å². The summed E-state index contributed by atoms with van der Waals surface area (Å²) >= 11 is 0. The van der Waals surface area contributed by atoms with Crippen molar-refractivity contribution in [2.75, 3.05) is 13.7 Å². The second-order valence-electron chi connectivity index (χ2n) is 7.78. The van der Waals surface area contributed by atoms with E-state index < -0.39 is 0 Å². The number of hydrogen-bond donors (Lipinski definition) is 1. The maximum Gasteiger partial charge on any atom is 0.124 e. The smallest absolute Gasteiger partial charge is 0.124 e. The number of fused-ring (bicyclic) bond motifs is 1. The van der Waals surface area contributed by atoms with Gasteiger partial charge in [0.25, 0.3) is 0 Å². The van der Waals surface area contributed by atoms with Gasteiger partial charge >= 0.3 is 0 Å². The van der Waals surface area contributed by atoms with Crippen molar-refractivity contribution < 1.29 is 9.47 Å². The van der Waals surface area contributed by atoms with Crippen molar-refractivity contribution in [1.29, 1.82) is 0 Å². The number of methoxy groups -OCH3 is 1. The quantitative estimate of drug-likeness (QED) is 0.339. The van der Waals surface area contributed by atoms with E-state index in [9.17, 15) is 0 Å². The predicted molar refractivity (Wildman–Crippen MR) is 128 cm³/mol. The molecule has 0 saturated heterocycles. The highest BCUT2D eigenvalue weighted by Crippen LogP contribution is 2.29. The Kier molecular flexibility index (Phi) is 6.85. The van der Waals surface area contributed by atoms with Gasteiger partial charge in [0.1, 0.15) is 18.1 Å². The van der Waals surface area contributed by atoms with E-state index >= 15 is 0 Å². The van der Waals surface area contributed by atoms with Gasteiger partial charge in [-0.25, -0.2) is 0 Å². The largest absolute Gasteiger partial charge is 0.496 e. The molecule has 1 N–H and O–H groups in total. The summed E-state index contributed by atoms with van der Waals surface area (Å²) in [6, 6.07) is 29.4. The summed E-state index contributed by atoms with van der Waals surface area (Å²) in [7, 11) is 1.72. The first kappa shape index (κ1) is 21.0. The molecule has 0 aliphatic carbocycles. The van der Waals surface area contributed by atoms with Crippen LogP contribution in [0, 0.1) is 6.92 Å². The maximum absolute atomic E-state index is 6.26. The summed E-state index contributed by atoms with van der Waals surface area (Å²) in [6.45, 7) is 4.27. The van der Waals surface area contributed by atoms with Crippen LogP contribution in [0.3, 0.4) is 0 Å². The fraction of sp³-hybridized carbons (Fsp3) is 0.214. The molecular formula is C28H29NO2. The first-order valence-corrected chi connectivity index (χ1v) is 10.8. The van der Waals surface area contributed by atoms with Gasteiger partial charge in [0.15, 0.2) is 0 Å². The Bertz CT molecular complexity index is 1140. The third-order valence-corrected chi connectivity index (χ3v) is 5.58. The molecule has 0 spiro atoms. The Balaban J connectivity index is 1.48. The predicted octanol–water partition coefficient (Wildman–Crippen LogP) is 6.07. The summed E-state index contributed by atoms with van der Waals surface area (Å²) in [5.41, 5.74) is 4.85. The molecule has 158 valence electrons. The van der Waals surface area contributed by atoms with Gasteiger partial charge in [0, 0.05) is 12.1 Å². The van der Waals surface area contributed by atoms with Crippen LogP contribution in [-0.2, 0) is 19.6 Å². The van der Waals surface area contributed by atoms with E-state index in [-0.39, 0.29) is 0 Å². The van der Waals surface area contributed by atoms with Crippen LogP contribution in [-0.4, -0.2) is 13.7 Å². The minimum absolute atomic E-state index is 0.562. The molecule has 0 unspecified atom stereocenters. The number of aryl methyl sites for hydroxylation is 1. The second-order valence-corrected chi connectivity index (χ2v) is 7.78. The van der Waals surface area contributed by atoms with Gasteiger partial charge in [-0.1, -0.05) is 78.4 Å². The van der Waals surface area contributed by atoms with Crippen molar-refractivity contribution >= 4 is 10.8 Å². The van der Waals surface area contributed by atoms with Crippen LogP contribution < -0.4 is 14.8 Å². The van der Waals surface area contributed by atoms with Crippen LogP contribution in [0.1, 0.15) is 22.3 Å². The van der Waals surface area contributed by atoms with Crippen LogP contribution in [0.4, 0.5) is 0 Å². The highest BCUT2D eigenvalue weighted by atomic mass is 16.5. The molecule has 0 saturated carbocycles. The number of benzene rings is 4. The molecule has 3 nitrogen and oxygen atoms in total. The zero-order valence-electron chi connectivity index (χ0n) is 18.2. The number of nitrogens with one attached hydrogen (secondary N) is 1. The molecular weight excluding hydrogens is 382 g/mol. The third-order valence-electron chi connectivity index (χ3n) is 5.58. The number of hydrogen-bond acceptors (Lipinski definition) is 3. The molecule has 4 aromatic rings. The standard InChI is InChI=1S/C28H29NO2/c1-21-11-13-22(14-12-21)20-31-28-16-15-23-7-3-5-9-25(23)26(28)19-29-18-17-24-8-4-6-10-27(24)30-2/h3-16,29H,17-20H2,1-2H3. The van der Waals surface area contributed by atoms with E-state index in [4.69, 9.17) is 9.47 Å². The maximum atomic E-state index is 6.26. The molecule has 4 rings (SSSR count). The summed E-state index contributed by atoms with van der Waals surface area (Å²) in [4.78, 5) is 0. The lowest BCUT2D eigenvalue weighted by molar-refractivity contribution is 0.303. The van der Waals surface area contributed by atoms with Crippen molar-refractivity contribution in [2.45, 2.75) is 26.5 Å². The van der Waals surface area contributed by atoms with E-state index in [1.807, 2.05) is 12.1 Å². The van der Waals surface area contributed by atoms with Gasteiger partial charge < -0.3 is 14.8 Å². The first-order chi connectivity index (χ1) is 15.2. The highest BCUT2D eigenvalue weighted by Gasteiger charge is 2.10. The van der Waals surface area contributed by atoms with Crippen molar-refractivity contribution in [3.63, 3.8) is 0 Å². The monoisotopic (exact) mass is 411 g/mol. The molecule has 0 aliphatic heterocycles. The normalized spacial score (nSPS) is 10.9. The molecule has 0 aromatic heterocycles.